The van der Waals surface area contributed by atoms with Gasteiger partial charge in [-0.2, -0.15) is 4.98 Å². The van der Waals surface area contributed by atoms with E-state index in [1.54, 1.807) is 12.1 Å². The molecular formula is C23H25F3N4O2. The van der Waals surface area contributed by atoms with E-state index < -0.39 is 6.36 Å². The monoisotopic (exact) mass is 446 g/mol. The Morgan fingerprint density at radius 1 is 1.03 bits per heavy atom. The van der Waals surface area contributed by atoms with Crippen LogP contribution < -0.4 is 15.4 Å². The Bertz CT molecular complexity index is 1040. The van der Waals surface area contributed by atoms with E-state index in [1.165, 1.54) is 18.2 Å². The molecule has 0 aliphatic carbocycles. The van der Waals surface area contributed by atoms with E-state index in [-0.39, 0.29) is 30.3 Å². The maximum atomic E-state index is 12.6. The highest BCUT2D eigenvalue weighted by molar-refractivity contribution is 5.68. The number of alkyl halides is 3. The maximum Gasteiger partial charge on any atom is 0.573 e. The van der Waals surface area contributed by atoms with Gasteiger partial charge in [0.05, 0.1) is 18.3 Å². The third-order valence-electron chi connectivity index (χ3n) is 4.73. The molecule has 1 aromatic heterocycles. The average molecular weight is 446 g/mol. The van der Waals surface area contributed by atoms with Gasteiger partial charge in [-0.1, -0.05) is 43.7 Å². The van der Waals surface area contributed by atoms with Crippen molar-refractivity contribution in [1.82, 2.24) is 9.97 Å². The highest BCUT2D eigenvalue weighted by Gasteiger charge is 2.31. The largest absolute Gasteiger partial charge is 0.573 e. The molecule has 0 saturated heterocycles. The molecule has 3 rings (SSSR count). The molecule has 0 radical (unpaired) electrons. The number of halogens is 3. The molecule has 0 spiro atoms. The molecule has 1 atom stereocenters. The van der Waals surface area contributed by atoms with Crippen molar-refractivity contribution in [2.24, 2.45) is 5.92 Å². The molecule has 0 saturated carbocycles. The third kappa shape index (κ3) is 6.58. The van der Waals surface area contributed by atoms with E-state index >= 15 is 0 Å². The summed E-state index contributed by atoms with van der Waals surface area (Å²) in [4.78, 5) is 8.93. The van der Waals surface area contributed by atoms with Crippen molar-refractivity contribution in [3.63, 3.8) is 0 Å². The van der Waals surface area contributed by atoms with Gasteiger partial charge in [-0.05, 0) is 37.1 Å². The SMILES string of the molecule is Cc1ccc(Nc2cc(-c3cccc(OC(F)(F)F)c3)nc(N[C@H](CO)C(C)C)n2)cc1. The number of anilines is 3. The molecular weight excluding hydrogens is 421 g/mol. The number of aryl methyl sites for hydroxylation is 1. The third-order valence-corrected chi connectivity index (χ3v) is 4.73. The molecule has 3 aromatic rings. The molecule has 0 aliphatic heterocycles. The highest BCUT2D eigenvalue weighted by atomic mass is 19.4. The van der Waals surface area contributed by atoms with Crippen molar-refractivity contribution in [1.29, 1.82) is 0 Å². The van der Waals surface area contributed by atoms with E-state index in [2.05, 4.69) is 25.3 Å². The van der Waals surface area contributed by atoms with E-state index in [0.29, 0.717) is 17.1 Å². The van der Waals surface area contributed by atoms with Crippen molar-refractivity contribution in [2.75, 3.05) is 17.2 Å². The summed E-state index contributed by atoms with van der Waals surface area (Å²) in [5.41, 5.74) is 2.72. The predicted octanol–water partition coefficient (Wildman–Crippen LogP) is 5.52. The summed E-state index contributed by atoms with van der Waals surface area (Å²) in [7, 11) is 0. The molecule has 0 fully saturated rings. The summed E-state index contributed by atoms with van der Waals surface area (Å²) in [5, 5.41) is 16.0. The van der Waals surface area contributed by atoms with Crippen molar-refractivity contribution in [3.05, 3.63) is 60.2 Å². The van der Waals surface area contributed by atoms with Gasteiger partial charge in [-0.3, -0.25) is 0 Å². The topological polar surface area (TPSA) is 79.3 Å². The van der Waals surface area contributed by atoms with E-state index in [0.717, 1.165) is 11.3 Å². The number of ether oxygens (including phenoxy) is 1. The van der Waals surface area contributed by atoms with Crippen molar-refractivity contribution in [3.8, 4) is 17.0 Å². The summed E-state index contributed by atoms with van der Waals surface area (Å²) in [6.07, 6.45) is -4.79. The van der Waals surface area contributed by atoms with Gasteiger partial charge < -0.3 is 20.5 Å². The van der Waals surface area contributed by atoms with Crippen LogP contribution in [-0.4, -0.2) is 34.1 Å². The lowest BCUT2D eigenvalue weighted by atomic mass is 10.1. The minimum Gasteiger partial charge on any atom is -0.406 e. The second-order valence-electron chi connectivity index (χ2n) is 7.71. The average Bonchev–Trinajstić information content (AvgIpc) is 2.72. The number of nitrogens with one attached hydrogen (secondary N) is 2. The number of aliphatic hydroxyl groups excluding tert-OH is 1. The molecule has 3 N–H and O–H groups in total. The van der Waals surface area contributed by atoms with E-state index in [4.69, 9.17) is 0 Å². The fourth-order valence-electron chi connectivity index (χ4n) is 2.95. The first-order valence-corrected chi connectivity index (χ1v) is 10.1. The molecule has 32 heavy (non-hydrogen) atoms. The standard InChI is InChI=1S/C23H25F3N4O2/c1-14(2)20(13-31)29-22-28-19(16-5-4-6-18(11-16)32-23(24,25)26)12-21(30-22)27-17-9-7-15(3)8-10-17/h4-12,14,20,31H,13H2,1-3H3,(H2,27,28,29,30)/t20-/m1/s1. The fourth-order valence-corrected chi connectivity index (χ4v) is 2.95. The van der Waals surface area contributed by atoms with Gasteiger partial charge in [-0.15, -0.1) is 13.2 Å². The van der Waals surface area contributed by atoms with Crippen LogP contribution in [-0.2, 0) is 0 Å². The Morgan fingerprint density at radius 3 is 2.38 bits per heavy atom. The van der Waals surface area contributed by atoms with Gasteiger partial charge in [0.2, 0.25) is 5.95 Å². The Kier molecular flexibility index (Phi) is 7.19. The molecule has 6 nitrogen and oxygen atoms in total. The molecule has 170 valence electrons. The highest BCUT2D eigenvalue weighted by Crippen LogP contribution is 2.29. The summed E-state index contributed by atoms with van der Waals surface area (Å²) in [5.74, 6) is 0.451. The second-order valence-corrected chi connectivity index (χ2v) is 7.71. The zero-order chi connectivity index (χ0) is 23.3. The Morgan fingerprint density at radius 2 is 1.75 bits per heavy atom. The van der Waals surface area contributed by atoms with Gasteiger partial charge in [0.1, 0.15) is 11.6 Å². The van der Waals surface area contributed by atoms with Crippen molar-refractivity contribution >= 4 is 17.5 Å². The minimum atomic E-state index is -4.79. The first kappa shape index (κ1) is 23.3. The zero-order valence-electron chi connectivity index (χ0n) is 17.9. The zero-order valence-corrected chi connectivity index (χ0v) is 17.9. The van der Waals surface area contributed by atoms with Crippen LogP contribution in [0.1, 0.15) is 19.4 Å². The Labute approximate surface area is 184 Å². The molecule has 0 bridgehead atoms. The van der Waals surface area contributed by atoms with Crippen LogP contribution in [0.4, 0.5) is 30.6 Å². The number of hydrogen-bond acceptors (Lipinski definition) is 6. The molecule has 2 aromatic carbocycles. The van der Waals surface area contributed by atoms with Crippen LogP contribution in [0.25, 0.3) is 11.3 Å². The summed E-state index contributed by atoms with van der Waals surface area (Å²) >= 11 is 0. The van der Waals surface area contributed by atoms with Gasteiger partial charge in [0.25, 0.3) is 0 Å². The summed E-state index contributed by atoms with van der Waals surface area (Å²) < 4.78 is 42.0. The molecule has 0 amide bonds. The maximum absolute atomic E-state index is 12.6. The number of aliphatic hydroxyl groups is 1. The summed E-state index contributed by atoms with van der Waals surface area (Å²) in [6.45, 7) is 5.74. The lowest BCUT2D eigenvalue weighted by Crippen LogP contribution is -2.30. The Balaban J connectivity index is 1.99. The van der Waals surface area contributed by atoms with Crippen molar-refractivity contribution < 1.29 is 23.0 Å². The van der Waals surface area contributed by atoms with Crippen LogP contribution in [0.3, 0.4) is 0 Å². The van der Waals surface area contributed by atoms with Gasteiger partial charge in [0, 0.05) is 17.3 Å². The van der Waals surface area contributed by atoms with Crippen LogP contribution in [0.2, 0.25) is 0 Å². The predicted molar refractivity (Wildman–Crippen MR) is 118 cm³/mol. The van der Waals surface area contributed by atoms with E-state index in [1.807, 2.05) is 45.0 Å². The first-order chi connectivity index (χ1) is 15.1. The lowest BCUT2D eigenvalue weighted by molar-refractivity contribution is -0.274. The molecule has 0 aliphatic rings. The fraction of sp³-hybridized carbons (Fsp3) is 0.304. The number of rotatable bonds is 8. The number of hydrogen-bond donors (Lipinski definition) is 3. The van der Waals surface area contributed by atoms with Crippen LogP contribution in [0, 0.1) is 12.8 Å². The van der Waals surface area contributed by atoms with Crippen LogP contribution in [0.15, 0.2) is 54.6 Å². The van der Waals surface area contributed by atoms with Crippen molar-refractivity contribution in [2.45, 2.75) is 33.2 Å². The molecule has 1 heterocycles. The first-order valence-electron chi connectivity index (χ1n) is 10.1. The normalized spacial score (nSPS) is 12.5. The van der Waals surface area contributed by atoms with Crippen LogP contribution >= 0.6 is 0 Å². The molecule has 0 unspecified atom stereocenters. The Hall–Kier alpha value is -3.33. The minimum absolute atomic E-state index is 0.101. The van der Waals surface area contributed by atoms with Gasteiger partial charge in [-0.25, -0.2) is 4.98 Å². The smallest absolute Gasteiger partial charge is 0.406 e. The lowest BCUT2D eigenvalue weighted by Gasteiger charge is -2.21. The second kappa shape index (κ2) is 9.86. The van der Waals surface area contributed by atoms with E-state index in [9.17, 15) is 18.3 Å². The van der Waals surface area contributed by atoms with Crippen LogP contribution in [0.5, 0.6) is 5.75 Å². The number of benzene rings is 2. The quantitative estimate of drug-likeness (QED) is 0.423. The van der Waals surface area contributed by atoms with Gasteiger partial charge in [0.15, 0.2) is 0 Å². The molecule has 9 heteroatoms. The number of aromatic nitrogens is 2. The number of nitrogens with zero attached hydrogens (tertiary/aromatic N) is 2. The summed E-state index contributed by atoms with van der Waals surface area (Å²) in [6, 6.07) is 14.6. The van der Waals surface area contributed by atoms with Gasteiger partial charge >= 0.3 is 6.36 Å².